The number of fused-ring (bicyclic) bond motifs is 1. The molecule has 1 atom stereocenters. The Morgan fingerprint density at radius 1 is 1.24 bits per heavy atom. The molecule has 136 valence electrons. The lowest BCUT2D eigenvalue weighted by atomic mass is 10.0. The highest BCUT2D eigenvalue weighted by atomic mass is 35.5. The number of nitrogens with zero attached hydrogens (tertiary/aromatic N) is 1. The molecule has 25 heavy (non-hydrogen) atoms. The smallest absolute Gasteiger partial charge is 0.157 e. The summed E-state index contributed by atoms with van der Waals surface area (Å²) >= 11 is 7.82. The van der Waals surface area contributed by atoms with Crippen LogP contribution in [0.1, 0.15) is 30.4 Å². The van der Waals surface area contributed by atoms with Gasteiger partial charge in [0.1, 0.15) is 0 Å². The van der Waals surface area contributed by atoms with Crippen LogP contribution in [0.25, 0.3) is 0 Å². The van der Waals surface area contributed by atoms with Gasteiger partial charge in [-0.15, -0.1) is 11.6 Å². The van der Waals surface area contributed by atoms with E-state index in [0.717, 1.165) is 62.3 Å². The van der Waals surface area contributed by atoms with Crippen LogP contribution in [0.5, 0.6) is 11.5 Å². The van der Waals surface area contributed by atoms with Crippen LogP contribution in [-0.2, 0) is 13.0 Å². The lowest BCUT2D eigenvalue weighted by Gasteiger charge is -2.19. The van der Waals surface area contributed by atoms with Gasteiger partial charge in [-0.3, -0.25) is 0 Å². The summed E-state index contributed by atoms with van der Waals surface area (Å²) in [4.78, 5) is 0. The van der Waals surface area contributed by atoms with Crippen molar-refractivity contribution in [2.75, 3.05) is 19.0 Å². The van der Waals surface area contributed by atoms with Gasteiger partial charge >= 0.3 is 0 Å². The number of hydrogen-bond donors (Lipinski definition) is 3. The summed E-state index contributed by atoms with van der Waals surface area (Å²) in [6, 6.07) is 3.40. The molecule has 0 aromatic heterocycles. The summed E-state index contributed by atoms with van der Waals surface area (Å²) in [7, 11) is 0. The molecule has 1 unspecified atom stereocenters. The SMILES string of the molecule is Oc1cc2c(cc1O)CN(SCNCCC1=CCC(Cl)C=C1)CCC2. The van der Waals surface area contributed by atoms with Crippen molar-refractivity contribution in [3.8, 4) is 11.5 Å². The maximum absolute atomic E-state index is 9.73. The van der Waals surface area contributed by atoms with E-state index in [1.165, 1.54) is 5.57 Å². The van der Waals surface area contributed by atoms with Crippen molar-refractivity contribution in [3.05, 3.63) is 47.1 Å². The summed E-state index contributed by atoms with van der Waals surface area (Å²) in [6.45, 7) is 2.75. The second-order valence-corrected chi connectivity index (χ2v) is 8.11. The highest BCUT2D eigenvalue weighted by Gasteiger charge is 2.17. The zero-order valence-corrected chi connectivity index (χ0v) is 15.8. The average molecular weight is 381 g/mol. The van der Waals surface area contributed by atoms with Crippen molar-refractivity contribution in [1.29, 1.82) is 0 Å². The van der Waals surface area contributed by atoms with Crippen LogP contribution in [0.15, 0.2) is 35.9 Å². The van der Waals surface area contributed by atoms with Gasteiger partial charge in [-0.1, -0.05) is 35.7 Å². The topological polar surface area (TPSA) is 55.7 Å². The molecule has 1 heterocycles. The summed E-state index contributed by atoms with van der Waals surface area (Å²) in [5.74, 6) is 0.818. The first-order chi connectivity index (χ1) is 12.1. The third-order valence-electron chi connectivity index (χ3n) is 4.56. The number of hydrogen-bond acceptors (Lipinski definition) is 5. The molecule has 0 saturated carbocycles. The van der Waals surface area contributed by atoms with Crippen molar-refractivity contribution in [3.63, 3.8) is 0 Å². The molecule has 4 nitrogen and oxygen atoms in total. The normalized spacial score (nSPS) is 20.8. The van der Waals surface area contributed by atoms with Gasteiger partial charge in [0.25, 0.3) is 0 Å². The van der Waals surface area contributed by atoms with Crippen molar-refractivity contribution < 1.29 is 10.2 Å². The van der Waals surface area contributed by atoms with Crippen LogP contribution in [-0.4, -0.2) is 38.9 Å². The van der Waals surface area contributed by atoms with Crippen molar-refractivity contribution >= 4 is 23.5 Å². The quantitative estimate of drug-likeness (QED) is 0.229. The molecule has 3 rings (SSSR count). The predicted octanol–water partition coefficient (Wildman–Crippen LogP) is 3.93. The first-order valence-corrected chi connectivity index (χ1v) is 10.1. The van der Waals surface area contributed by atoms with E-state index in [2.05, 4.69) is 27.9 Å². The van der Waals surface area contributed by atoms with E-state index < -0.39 is 0 Å². The zero-order chi connectivity index (χ0) is 17.6. The number of nitrogens with one attached hydrogen (secondary N) is 1. The largest absolute Gasteiger partial charge is 0.504 e. The van der Waals surface area contributed by atoms with Gasteiger partial charge in [-0.05, 0) is 55.5 Å². The molecule has 0 spiro atoms. The monoisotopic (exact) mass is 380 g/mol. The van der Waals surface area contributed by atoms with Gasteiger partial charge in [0.15, 0.2) is 11.5 Å². The summed E-state index contributed by atoms with van der Waals surface area (Å²) in [5.41, 5.74) is 3.60. The second kappa shape index (κ2) is 8.99. The fraction of sp³-hybridized carbons (Fsp3) is 0.474. The van der Waals surface area contributed by atoms with Crippen molar-refractivity contribution in [1.82, 2.24) is 9.62 Å². The molecular weight excluding hydrogens is 356 g/mol. The van der Waals surface area contributed by atoms with Gasteiger partial charge in [-0.2, -0.15) is 0 Å². The summed E-state index contributed by atoms with van der Waals surface area (Å²) in [6.07, 6.45) is 10.4. The Morgan fingerprint density at radius 2 is 2.04 bits per heavy atom. The van der Waals surface area contributed by atoms with Crippen LogP contribution in [0, 0.1) is 0 Å². The van der Waals surface area contributed by atoms with Crippen LogP contribution in [0.4, 0.5) is 0 Å². The zero-order valence-electron chi connectivity index (χ0n) is 14.2. The molecule has 0 fully saturated rings. The molecule has 1 aliphatic carbocycles. The second-order valence-electron chi connectivity index (χ2n) is 6.49. The molecule has 6 heteroatoms. The van der Waals surface area contributed by atoms with Crippen LogP contribution >= 0.6 is 23.5 Å². The minimum absolute atomic E-state index is 0.0203. The molecule has 3 N–H and O–H groups in total. The third-order valence-corrected chi connectivity index (χ3v) is 5.89. The van der Waals surface area contributed by atoms with Gasteiger partial charge < -0.3 is 15.5 Å². The Balaban J connectivity index is 1.41. The van der Waals surface area contributed by atoms with E-state index in [9.17, 15) is 10.2 Å². The molecule has 1 aromatic carbocycles. The van der Waals surface area contributed by atoms with E-state index >= 15 is 0 Å². The number of aromatic hydroxyl groups is 2. The van der Waals surface area contributed by atoms with Gasteiger partial charge in [0.2, 0.25) is 0 Å². The minimum atomic E-state index is -0.0308. The molecule has 1 aromatic rings. The molecule has 0 bridgehead atoms. The van der Waals surface area contributed by atoms with E-state index in [0.29, 0.717) is 0 Å². The maximum atomic E-state index is 9.73. The number of phenols is 2. The lowest BCUT2D eigenvalue weighted by molar-refractivity contribution is 0.401. The van der Waals surface area contributed by atoms with Gasteiger partial charge in [0, 0.05) is 13.1 Å². The summed E-state index contributed by atoms with van der Waals surface area (Å²) in [5, 5.41) is 23.0. The molecule has 0 amide bonds. The van der Waals surface area contributed by atoms with Crippen LogP contribution in [0.2, 0.25) is 0 Å². The molecular formula is C19H25ClN2O2S. The Labute approximate surface area is 158 Å². The molecule has 2 aliphatic rings. The number of aryl methyl sites for hydroxylation is 1. The van der Waals surface area contributed by atoms with Gasteiger partial charge in [0.05, 0.1) is 11.3 Å². The summed E-state index contributed by atoms with van der Waals surface area (Å²) < 4.78 is 2.33. The van der Waals surface area contributed by atoms with Gasteiger partial charge in [-0.25, -0.2) is 4.31 Å². The maximum Gasteiger partial charge on any atom is 0.157 e. The minimum Gasteiger partial charge on any atom is -0.504 e. The standard InChI is InChI=1S/C19H25ClN2O2S/c20-17-5-3-14(4-6-17)7-8-21-13-25-22-9-1-2-15-10-18(23)19(24)11-16(15)12-22/h3-5,10-11,17,21,23-24H,1-2,6-9,12-13H2. The van der Waals surface area contributed by atoms with E-state index in [1.807, 2.05) is 0 Å². The number of rotatable bonds is 6. The molecule has 0 radical (unpaired) electrons. The van der Waals surface area contributed by atoms with E-state index in [-0.39, 0.29) is 16.9 Å². The number of alkyl halides is 1. The third kappa shape index (κ3) is 5.42. The molecule has 0 saturated heterocycles. The number of halogens is 1. The van der Waals surface area contributed by atoms with Crippen molar-refractivity contribution in [2.24, 2.45) is 0 Å². The Kier molecular flexibility index (Phi) is 6.70. The number of phenolic OH excluding ortho intramolecular Hbond substituents is 2. The lowest BCUT2D eigenvalue weighted by Crippen LogP contribution is -2.22. The number of allylic oxidation sites excluding steroid dienone is 3. The highest BCUT2D eigenvalue weighted by molar-refractivity contribution is 7.96. The fourth-order valence-corrected chi connectivity index (χ4v) is 4.20. The fourth-order valence-electron chi connectivity index (χ4n) is 3.13. The Bertz CT molecular complexity index is 663. The van der Waals surface area contributed by atoms with E-state index in [4.69, 9.17) is 11.6 Å². The Hall–Kier alpha value is -1.14. The molecule has 1 aliphatic heterocycles. The predicted molar refractivity (Wildman–Crippen MR) is 105 cm³/mol. The Morgan fingerprint density at radius 3 is 2.80 bits per heavy atom. The van der Waals surface area contributed by atoms with Crippen LogP contribution in [0.3, 0.4) is 0 Å². The first-order valence-electron chi connectivity index (χ1n) is 8.75. The average Bonchev–Trinajstić information content (AvgIpc) is 2.78. The van der Waals surface area contributed by atoms with Crippen LogP contribution < -0.4 is 5.32 Å². The highest BCUT2D eigenvalue weighted by Crippen LogP contribution is 2.32. The van der Waals surface area contributed by atoms with Crippen molar-refractivity contribution in [2.45, 2.75) is 37.6 Å². The first kappa shape index (κ1) is 18.6. The van der Waals surface area contributed by atoms with E-state index in [1.54, 1.807) is 24.1 Å². The number of benzene rings is 1.